The van der Waals surface area contributed by atoms with Crippen LogP contribution in [0.2, 0.25) is 0 Å². The van der Waals surface area contributed by atoms with Crippen LogP contribution in [0, 0.1) is 5.82 Å². The second-order valence-corrected chi connectivity index (χ2v) is 7.55. The molecule has 0 atom stereocenters. The molecule has 1 saturated heterocycles. The Balaban J connectivity index is 0.00000166. The molecule has 0 spiro atoms. The van der Waals surface area contributed by atoms with E-state index in [1.165, 1.54) is 38.4 Å². The molecule has 0 N–H and O–H groups in total. The molecule has 0 aliphatic carbocycles. The second kappa shape index (κ2) is 13.1. The summed E-state index contributed by atoms with van der Waals surface area (Å²) in [7, 11) is 1.92. The lowest BCUT2D eigenvalue weighted by atomic mass is 10.0. The number of hydrogen-bond donors (Lipinski definition) is 0. The van der Waals surface area contributed by atoms with Gasteiger partial charge in [0.2, 0.25) is 0 Å². The largest absolute Gasteiger partial charge is 0.494 e. The van der Waals surface area contributed by atoms with Crippen LogP contribution in [0.25, 0.3) is 5.57 Å². The first-order chi connectivity index (χ1) is 15.1. The Morgan fingerprint density at radius 3 is 2.65 bits per heavy atom. The average Bonchev–Trinajstić information content (AvgIpc) is 2.80. The fourth-order valence-corrected chi connectivity index (χ4v) is 3.87. The summed E-state index contributed by atoms with van der Waals surface area (Å²) in [4.78, 5) is 9.31. The Hall–Kier alpha value is -2.40. The lowest BCUT2D eigenvalue weighted by Crippen LogP contribution is -2.30. The van der Waals surface area contributed by atoms with Crippen molar-refractivity contribution < 1.29 is 9.13 Å². The van der Waals surface area contributed by atoms with Crippen LogP contribution in [0.4, 0.5) is 4.39 Å². The van der Waals surface area contributed by atoms with Gasteiger partial charge >= 0.3 is 0 Å². The molecule has 2 heterocycles. The summed E-state index contributed by atoms with van der Waals surface area (Å²) in [6, 6.07) is 4.81. The maximum atomic E-state index is 14.6. The third-order valence-electron chi connectivity index (χ3n) is 5.41. The van der Waals surface area contributed by atoms with Crippen LogP contribution < -0.4 is 4.74 Å². The number of nitrogens with zero attached hydrogens (tertiary/aromatic N) is 3. The zero-order valence-corrected chi connectivity index (χ0v) is 19.7. The minimum absolute atomic E-state index is 0.305. The quantitative estimate of drug-likeness (QED) is 0.489. The summed E-state index contributed by atoms with van der Waals surface area (Å²) < 4.78 is 20.2. The highest BCUT2D eigenvalue weighted by molar-refractivity contribution is 5.97. The highest BCUT2D eigenvalue weighted by atomic mass is 19.1. The van der Waals surface area contributed by atoms with Gasteiger partial charge in [-0.3, -0.25) is 0 Å². The minimum atomic E-state index is -0.305. The summed E-state index contributed by atoms with van der Waals surface area (Å²) in [5.74, 6) is 1.05. The van der Waals surface area contributed by atoms with E-state index in [-0.39, 0.29) is 5.82 Å². The standard InChI is InChI=1S/C24H32FN3O.C2H6/c1-4-21(22-18-20(29-5-2)11-12-23(22)25)24-26-19(13-17-27(24)3)10-9-16-28-14-7-6-8-15-28;1-2/h4,11-13,17-18H,1,5-10,14-16H2,2-3H3;1-2H3/b24-21+;. The van der Waals surface area contributed by atoms with Crippen molar-refractivity contribution in [2.75, 3.05) is 33.3 Å². The van der Waals surface area contributed by atoms with E-state index in [2.05, 4.69) is 11.5 Å². The second-order valence-electron chi connectivity index (χ2n) is 7.55. The molecule has 1 fully saturated rings. The van der Waals surface area contributed by atoms with E-state index < -0.39 is 0 Å². The average molecular weight is 428 g/mol. The predicted molar refractivity (Wildman–Crippen MR) is 130 cm³/mol. The van der Waals surface area contributed by atoms with Crippen LogP contribution in [-0.2, 0) is 0 Å². The summed E-state index contributed by atoms with van der Waals surface area (Å²) in [6.45, 7) is 13.9. The molecule has 0 unspecified atom stereocenters. The number of benzene rings is 1. The van der Waals surface area contributed by atoms with Gasteiger partial charge < -0.3 is 14.5 Å². The third kappa shape index (κ3) is 7.06. The third-order valence-corrected chi connectivity index (χ3v) is 5.41. The molecule has 31 heavy (non-hydrogen) atoms. The van der Waals surface area contributed by atoms with E-state index in [9.17, 15) is 4.39 Å². The number of halogens is 1. The van der Waals surface area contributed by atoms with E-state index in [1.807, 2.05) is 45.0 Å². The Labute approximate surface area is 187 Å². The van der Waals surface area contributed by atoms with Gasteiger partial charge in [-0.2, -0.15) is 0 Å². The van der Waals surface area contributed by atoms with Crippen molar-refractivity contribution in [1.29, 1.82) is 0 Å². The molecule has 2 aliphatic heterocycles. The Kier molecular flexibility index (Phi) is 10.5. The van der Waals surface area contributed by atoms with Crippen LogP contribution >= 0.6 is 0 Å². The molecular formula is C26H38FN3O. The first-order valence-electron chi connectivity index (χ1n) is 11.6. The lowest BCUT2D eigenvalue weighted by Gasteiger charge is -2.27. The van der Waals surface area contributed by atoms with Crippen molar-refractivity contribution in [2.24, 2.45) is 4.99 Å². The molecule has 170 valence electrons. The zero-order chi connectivity index (χ0) is 22.6. The highest BCUT2D eigenvalue weighted by Gasteiger charge is 2.18. The molecule has 0 aromatic heterocycles. The van der Waals surface area contributed by atoms with Crippen LogP contribution in [0.5, 0.6) is 5.75 Å². The molecule has 2 aliphatic rings. The number of aliphatic imine (C=N–C) groups is 1. The lowest BCUT2D eigenvalue weighted by molar-refractivity contribution is 0.227. The van der Waals surface area contributed by atoms with Crippen molar-refractivity contribution in [2.45, 2.75) is 52.9 Å². The summed E-state index contributed by atoms with van der Waals surface area (Å²) in [5, 5.41) is 0. The van der Waals surface area contributed by atoms with Gasteiger partial charge in [-0.1, -0.05) is 32.9 Å². The Bertz CT molecular complexity index is 807. The van der Waals surface area contributed by atoms with Gasteiger partial charge in [0.05, 0.1) is 6.61 Å². The van der Waals surface area contributed by atoms with E-state index >= 15 is 0 Å². The van der Waals surface area contributed by atoms with E-state index in [0.29, 0.717) is 29.3 Å². The number of rotatable bonds is 8. The van der Waals surface area contributed by atoms with Crippen molar-refractivity contribution in [3.05, 3.63) is 60.3 Å². The smallest absolute Gasteiger partial charge is 0.140 e. The predicted octanol–water partition coefficient (Wildman–Crippen LogP) is 6.27. The van der Waals surface area contributed by atoms with Crippen molar-refractivity contribution in [3.8, 4) is 5.75 Å². The van der Waals surface area contributed by atoms with Crippen molar-refractivity contribution in [1.82, 2.24) is 9.80 Å². The van der Waals surface area contributed by atoms with Gasteiger partial charge in [0, 0.05) is 30.1 Å². The molecular weight excluding hydrogens is 389 g/mol. The maximum absolute atomic E-state index is 14.6. The zero-order valence-electron chi connectivity index (χ0n) is 19.7. The van der Waals surface area contributed by atoms with Crippen LogP contribution in [-0.4, -0.2) is 48.8 Å². The first-order valence-corrected chi connectivity index (χ1v) is 11.6. The molecule has 0 bridgehead atoms. The Morgan fingerprint density at radius 1 is 1.23 bits per heavy atom. The fourth-order valence-electron chi connectivity index (χ4n) is 3.87. The molecule has 5 heteroatoms. The topological polar surface area (TPSA) is 28.1 Å². The molecule has 1 aromatic rings. The van der Waals surface area contributed by atoms with E-state index in [1.54, 1.807) is 18.2 Å². The maximum Gasteiger partial charge on any atom is 0.140 e. The van der Waals surface area contributed by atoms with Crippen LogP contribution in [0.1, 0.15) is 58.4 Å². The van der Waals surface area contributed by atoms with Gasteiger partial charge in [0.1, 0.15) is 17.4 Å². The van der Waals surface area contributed by atoms with Gasteiger partial charge in [-0.15, -0.1) is 0 Å². The van der Waals surface area contributed by atoms with Crippen LogP contribution in [0.3, 0.4) is 0 Å². The van der Waals surface area contributed by atoms with Gasteiger partial charge in [-0.25, -0.2) is 9.38 Å². The molecule has 1 aromatic carbocycles. The number of hydrogen-bond acceptors (Lipinski definition) is 4. The minimum Gasteiger partial charge on any atom is -0.494 e. The summed E-state index contributed by atoms with van der Waals surface area (Å²) >= 11 is 0. The monoisotopic (exact) mass is 427 g/mol. The summed E-state index contributed by atoms with van der Waals surface area (Å²) in [6.07, 6.45) is 11.7. The van der Waals surface area contributed by atoms with E-state index in [0.717, 1.165) is 25.1 Å². The van der Waals surface area contributed by atoms with Crippen LogP contribution in [0.15, 0.2) is 53.9 Å². The van der Waals surface area contributed by atoms with Gasteiger partial charge in [0.15, 0.2) is 0 Å². The normalized spacial score (nSPS) is 18.1. The molecule has 0 amide bonds. The van der Waals surface area contributed by atoms with Gasteiger partial charge in [-0.05, 0) is 76.5 Å². The van der Waals surface area contributed by atoms with Crippen molar-refractivity contribution >= 4 is 11.3 Å². The first kappa shape index (κ1) is 24.9. The molecule has 0 radical (unpaired) electrons. The Morgan fingerprint density at radius 2 is 1.97 bits per heavy atom. The fraction of sp³-hybridized carbons (Fsp3) is 0.500. The summed E-state index contributed by atoms with van der Waals surface area (Å²) in [5.41, 5.74) is 2.15. The number of ether oxygens (including phenoxy) is 1. The number of likely N-dealkylation sites (tertiary alicyclic amines) is 1. The molecule has 0 saturated carbocycles. The van der Waals surface area contributed by atoms with E-state index in [4.69, 9.17) is 9.73 Å². The number of allylic oxidation sites excluding steroid dienone is 3. The number of piperidine rings is 1. The highest BCUT2D eigenvalue weighted by Crippen LogP contribution is 2.30. The van der Waals surface area contributed by atoms with Gasteiger partial charge in [0.25, 0.3) is 0 Å². The SMILES string of the molecule is C=C/C(=C1/N=C(CCCN2CCCCC2)C=CN1C)c1cc(OCC)ccc1F.CC. The molecule has 4 nitrogen and oxygen atoms in total. The van der Waals surface area contributed by atoms with Crippen molar-refractivity contribution in [3.63, 3.8) is 0 Å². The molecule has 3 rings (SSSR count).